The predicted molar refractivity (Wildman–Crippen MR) is 80.9 cm³/mol. The summed E-state index contributed by atoms with van der Waals surface area (Å²) in [5, 5.41) is 0. The largest absolute Gasteiger partial charge is 0.0885 e. The molecule has 0 nitrogen and oxygen atoms in total. The van der Waals surface area contributed by atoms with Crippen LogP contribution >= 0.6 is 15.9 Å². The van der Waals surface area contributed by atoms with E-state index in [1.165, 1.54) is 36.8 Å². The van der Waals surface area contributed by atoms with Gasteiger partial charge >= 0.3 is 0 Å². The van der Waals surface area contributed by atoms with Crippen LogP contribution in [0.4, 0.5) is 0 Å². The molecular weight excluding hydrogens is 272 g/mol. The van der Waals surface area contributed by atoms with E-state index in [1.54, 1.807) is 0 Å². The first-order chi connectivity index (χ1) is 7.93. The Labute approximate surface area is 115 Å². The maximum absolute atomic E-state index is 3.80. The van der Waals surface area contributed by atoms with E-state index in [-0.39, 0.29) is 0 Å². The van der Waals surface area contributed by atoms with E-state index >= 15 is 0 Å². The molecule has 0 aliphatic rings. The van der Waals surface area contributed by atoms with Crippen molar-refractivity contribution < 1.29 is 0 Å². The molecule has 0 heterocycles. The maximum Gasteiger partial charge on any atom is 0.0197 e. The number of halogens is 1. The van der Waals surface area contributed by atoms with Gasteiger partial charge in [0.05, 0.1) is 0 Å². The van der Waals surface area contributed by atoms with Crippen LogP contribution in [-0.4, -0.2) is 4.83 Å². The predicted octanol–water partition coefficient (Wildman–Crippen LogP) is 5.38. The van der Waals surface area contributed by atoms with Crippen molar-refractivity contribution >= 4 is 15.9 Å². The van der Waals surface area contributed by atoms with Gasteiger partial charge in [-0.1, -0.05) is 74.3 Å². The van der Waals surface area contributed by atoms with Gasteiger partial charge in [-0.25, -0.2) is 0 Å². The molecule has 0 saturated carbocycles. The molecule has 1 unspecified atom stereocenters. The van der Waals surface area contributed by atoms with Crippen LogP contribution in [0.25, 0.3) is 0 Å². The van der Waals surface area contributed by atoms with Crippen LogP contribution in [0.2, 0.25) is 0 Å². The molecule has 96 valence electrons. The lowest BCUT2D eigenvalue weighted by Gasteiger charge is -2.25. The average Bonchev–Trinajstić information content (AvgIpc) is 2.27. The van der Waals surface area contributed by atoms with Crippen LogP contribution < -0.4 is 0 Å². The molecular formula is C16H25Br. The fraction of sp³-hybridized carbons (Fsp3) is 0.625. The number of hydrogen-bond acceptors (Lipinski definition) is 0. The second kappa shape index (κ2) is 6.58. The minimum absolute atomic E-state index is 0.349. The fourth-order valence-corrected chi connectivity index (χ4v) is 2.12. The first-order valence-electron chi connectivity index (χ1n) is 6.65. The topological polar surface area (TPSA) is 0 Å². The molecule has 17 heavy (non-hydrogen) atoms. The number of alkyl halides is 1. The zero-order valence-corrected chi connectivity index (χ0v) is 13.2. The molecule has 0 bridgehead atoms. The van der Waals surface area contributed by atoms with Crippen LogP contribution in [0.5, 0.6) is 0 Å². The van der Waals surface area contributed by atoms with Gasteiger partial charge in [-0.15, -0.1) is 0 Å². The number of rotatable bonds is 5. The third-order valence-electron chi connectivity index (χ3n) is 3.19. The lowest BCUT2D eigenvalue weighted by molar-refractivity contribution is 0.386. The third kappa shape index (κ3) is 5.25. The Morgan fingerprint density at radius 3 is 1.88 bits per heavy atom. The molecule has 0 aliphatic heterocycles. The van der Waals surface area contributed by atoms with E-state index in [4.69, 9.17) is 0 Å². The van der Waals surface area contributed by atoms with Gasteiger partial charge in [-0.2, -0.15) is 0 Å². The lowest BCUT2D eigenvalue weighted by Crippen LogP contribution is -2.20. The monoisotopic (exact) mass is 296 g/mol. The van der Waals surface area contributed by atoms with Crippen molar-refractivity contribution in [1.29, 1.82) is 0 Å². The highest BCUT2D eigenvalue weighted by Gasteiger charge is 2.21. The summed E-state index contributed by atoms with van der Waals surface area (Å²) in [7, 11) is 0. The molecule has 0 amide bonds. The lowest BCUT2D eigenvalue weighted by atomic mass is 9.88. The van der Waals surface area contributed by atoms with Crippen LogP contribution in [0.15, 0.2) is 24.3 Å². The van der Waals surface area contributed by atoms with E-state index < -0.39 is 0 Å². The molecule has 1 rings (SSSR count). The molecule has 0 saturated heterocycles. The van der Waals surface area contributed by atoms with Crippen LogP contribution in [0.1, 0.15) is 51.7 Å². The Hall–Kier alpha value is -0.300. The molecule has 1 heteroatoms. The molecule has 1 aromatic carbocycles. The van der Waals surface area contributed by atoms with E-state index in [0.717, 1.165) is 0 Å². The van der Waals surface area contributed by atoms with Crippen LogP contribution in [0.3, 0.4) is 0 Å². The summed E-state index contributed by atoms with van der Waals surface area (Å²) in [6, 6.07) is 9.12. The van der Waals surface area contributed by atoms with Crippen molar-refractivity contribution in [3.8, 4) is 0 Å². The quantitative estimate of drug-likeness (QED) is 0.640. The smallest absolute Gasteiger partial charge is 0.0197 e. The highest BCUT2D eigenvalue weighted by atomic mass is 79.9. The highest BCUT2D eigenvalue weighted by molar-refractivity contribution is 9.09. The van der Waals surface area contributed by atoms with Crippen molar-refractivity contribution in [2.75, 3.05) is 0 Å². The summed E-state index contributed by atoms with van der Waals surface area (Å²) in [6.45, 7) is 9.09. The molecule has 0 aromatic heterocycles. The van der Waals surface area contributed by atoms with Gasteiger partial charge in [-0.05, 0) is 35.8 Å². The van der Waals surface area contributed by atoms with Crippen molar-refractivity contribution in [2.45, 2.75) is 58.2 Å². The SMILES string of the molecule is CCCc1ccc(CCC(Br)C(C)(C)C)cc1. The van der Waals surface area contributed by atoms with Crippen molar-refractivity contribution in [1.82, 2.24) is 0 Å². The Morgan fingerprint density at radius 1 is 1.00 bits per heavy atom. The molecule has 0 N–H and O–H groups in total. The van der Waals surface area contributed by atoms with Gasteiger partial charge < -0.3 is 0 Å². The average molecular weight is 297 g/mol. The summed E-state index contributed by atoms with van der Waals surface area (Å²) >= 11 is 3.80. The van der Waals surface area contributed by atoms with Crippen molar-refractivity contribution in [2.24, 2.45) is 5.41 Å². The zero-order valence-electron chi connectivity index (χ0n) is 11.6. The van der Waals surface area contributed by atoms with Crippen molar-refractivity contribution in [3.63, 3.8) is 0 Å². The van der Waals surface area contributed by atoms with E-state index in [2.05, 4.69) is 67.9 Å². The summed E-state index contributed by atoms with van der Waals surface area (Å²) in [4.78, 5) is 0.588. The van der Waals surface area contributed by atoms with Crippen molar-refractivity contribution in [3.05, 3.63) is 35.4 Å². The summed E-state index contributed by atoms with van der Waals surface area (Å²) in [5.74, 6) is 0. The number of benzene rings is 1. The second-order valence-corrected chi connectivity index (χ2v) is 7.04. The van der Waals surface area contributed by atoms with Gasteiger partial charge in [0.15, 0.2) is 0 Å². The molecule has 0 radical (unpaired) electrons. The van der Waals surface area contributed by atoms with Gasteiger partial charge in [0.2, 0.25) is 0 Å². The second-order valence-electron chi connectivity index (χ2n) is 5.94. The first-order valence-corrected chi connectivity index (χ1v) is 7.57. The summed E-state index contributed by atoms with van der Waals surface area (Å²) < 4.78 is 0. The molecule has 1 atom stereocenters. The van der Waals surface area contributed by atoms with Gasteiger partial charge in [0, 0.05) is 4.83 Å². The first kappa shape index (κ1) is 14.8. The number of hydrogen-bond donors (Lipinski definition) is 0. The third-order valence-corrected chi connectivity index (χ3v) is 5.02. The molecule has 1 aromatic rings. The van der Waals surface area contributed by atoms with Crippen LogP contribution in [0, 0.1) is 5.41 Å². The highest BCUT2D eigenvalue weighted by Crippen LogP contribution is 2.29. The molecule has 0 fully saturated rings. The Morgan fingerprint density at radius 2 is 1.47 bits per heavy atom. The summed E-state index contributed by atoms with van der Waals surface area (Å²) in [5.41, 5.74) is 3.27. The Kier molecular flexibility index (Phi) is 5.72. The minimum Gasteiger partial charge on any atom is -0.0885 e. The van der Waals surface area contributed by atoms with Crippen LogP contribution in [-0.2, 0) is 12.8 Å². The Balaban J connectivity index is 2.47. The van der Waals surface area contributed by atoms with Gasteiger partial charge in [0.1, 0.15) is 0 Å². The zero-order chi connectivity index (χ0) is 12.9. The summed E-state index contributed by atoms with van der Waals surface area (Å²) in [6.07, 6.45) is 4.80. The Bertz CT molecular complexity index is 318. The van der Waals surface area contributed by atoms with E-state index in [1.807, 2.05) is 0 Å². The number of aryl methyl sites for hydroxylation is 2. The normalized spacial score (nSPS) is 13.7. The fourth-order valence-electron chi connectivity index (χ4n) is 1.89. The minimum atomic E-state index is 0.349. The van der Waals surface area contributed by atoms with E-state index in [9.17, 15) is 0 Å². The van der Waals surface area contributed by atoms with Gasteiger partial charge in [0.25, 0.3) is 0 Å². The molecule has 0 aliphatic carbocycles. The maximum atomic E-state index is 3.80. The standard InChI is InChI=1S/C16H25Br/c1-5-6-13-7-9-14(10-8-13)11-12-15(17)16(2,3)4/h7-10,15H,5-6,11-12H2,1-4H3. The molecule has 0 spiro atoms. The van der Waals surface area contributed by atoms with Gasteiger partial charge in [-0.3, -0.25) is 0 Å². The van der Waals surface area contributed by atoms with E-state index in [0.29, 0.717) is 10.2 Å².